The average molecular weight is 644 g/mol. The summed E-state index contributed by atoms with van der Waals surface area (Å²) in [4.78, 5) is 14.8. The fourth-order valence-electron chi connectivity index (χ4n) is 7.92. The van der Waals surface area contributed by atoms with E-state index in [0.29, 0.717) is 17.5 Å². The van der Waals surface area contributed by atoms with Crippen LogP contribution in [0.4, 0.5) is 0 Å². The van der Waals surface area contributed by atoms with E-state index in [9.17, 15) is 0 Å². The Hall–Kier alpha value is -6.33. The average Bonchev–Trinajstić information content (AvgIpc) is 3.72. The van der Waals surface area contributed by atoms with Crippen LogP contribution in [0.3, 0.4) is 0 Å². The predicted octanol–water partition coefficient (Wildman–Crippen LogP) is 10.8. The molecule has 0 N–H and O–H groups in total. The molecule has 0 saturated carbocycles. The minimum Gasteiger partial charge on any atom is -0.313 e. The lowest BCUT2D eigenvalue weighted by Crippen LogP contribution is -2.06. The Morgan fingerprint density at radius 1 is 0.400 bits per heavy atom. The summed E-state index contributed by atoms with van der Waals surface area (Å²) in [5, 5.41) is 3.95. The van der Waals surface area contributed by atoms with Crippen LogP contribution in [0.15, 0.2) is 152 Å². The molecule has 0 amide bonds. The van der Waals surface area contributed by atoms with Crippen LogP contribution in [0.1, 0.15) is 24.1 Å². The van der Waals surface area contributed by atoms with Gasteiger partial charge in [0.1, 0.15) is 0 Å². The van der Waals surface area contributed by atoms with Crippen molar-refractivity contribution in [3.8, 4) is 45.5 Å². The zero-order valence-electron chi connectivity index (χ0n) is 27.5. The highest BCUT2D eigenvalue weighted by molar-refractivity contribution is 6.21. The molecule has 1 aliphatic rings. The number of hydrogen-bond donors (Lipinski definition) is 0. The summed E-state index contributed by atoms with van der Waals surface area (Å²) < 4.78 is 4.97. The van der Waals surface area contributed by atoms with Crippen molar-refractivity contribution in [2.45, 2.75) is 25.7 Å². The molecule has 9 aromatic rings. The topological polar surface area (TPSA) is 48.5 Å². The Bertz CT molecular complexity index is 2610. The minimum atomic E-state index is 0.652. The van der Waals surface area contributed by atoms with Gasteiger partial charge in [0.15, 0.2) is 17.5 Å². The number of benzene rings is 6. The zero-order chi connectivity index (χ0) is 33.0. The van der Waals surface area contributed by atoms with E-state index in [2.05, 4.69) is 100 Å². The highest BCUT2D eigenvalue weighted by Crippen LogP contribution is 2.43. The maximum Gasteiger partial charge on any atom is 0.164 e. The summed E-state index contributed by atoms with van der Waals surface area (Å²) in [6.45, 7) is 0. The highest BCUT2D eigenvalue weighted by atomic mass is 15.0. The standard InChI is InChI=1S/C45H33N5/c1-4-14-30(15-5-1)43-46-44(31-16-6-2-7-17-31)48-45(47-43)32-24-26-34(27-25-32)49-39-23-13-11-21-37(39)41-40(49)29-28-36-35-20-10-12-22-38(35)50(42(36)41)33-18-8-3-9-19-33/h1-9,11,13-19,21,23-29H,10,12,20,22H2. The summed E-state index contributed by atoms with van der Waals surface area (Å²) in [7, 11) is 0. The number of fused-ring (bicyclic) bond motifs is 7. The van der Waals surface area contributed by atoms with E-state index in [4.69, 9.17) is 15.0 Å². The van der Waals surface area contributed by atoms with Gasteiger partial charge in [-0.2, -0.15) is 0 Å². The minimum absolute atomic E-state index is 0.652. The van der Waals surface area contributed by atoms with Gasteiger partial charge in [-0.05, 0) is 79.8 Å². The van der Waals surface area contributed by atoms with E-state index in [1.54, 1.807) is 0 Å². The third kappa shape index (κ3) is 4.58. The summed E-state index contributed by atoms with van der Waals surface area (Å²) >= 11 is 0. The molecule has 0 spiro atoms. The smallest absolute Gasteiger partial charge is 0.164 e. The van der Waals surface area contributed by atoms with Crippen molar-refractivity contribution < 1.29 is 0 Å². The first-order valence-electron chi connectivity index (χ1n) is 17.4. The molecule has 0 aliphatic heterocycles. The van der Waals surface area contributed by atoms with Crippen LogP contribution in [0, 0.1) is 0 Å². The molecule has 0 fully saturated rings. The molecule has 0 unspecified atom stereocenters. The second-order valence-corrected chi connectivity index (χ2v) is 13.1. The number of rotatable bonds is 5. The van der Waals surface area contributed by atoms with E-state index >= 15 is 0 Å². The molecule has 5 nitrogen and oxygen atoms in total. The summed E-state index contributed by atoms with van der Waals surface area (Å²) in [5.74, 6) is 1.97. The molecule has 3 heterocycles. The van der Waals surface area contributed by atoms with Gasteiger partial charge in [0, 0.05) is 49.9 Å². The van der Waals surface area contributed by atoms with Crippen LogP contribution < -0.4 is 0 Å². The fourth-order valence-corrected chi connectivity index (χ4v) is 7.92. The number of aryl methyl sites for hydroxylation is 1. The predicted molar refractivity (Wildman–Crippen MR) is 204 cm³/mol. The van der Waals surface area contributed by atoms with E-state index in [1.807, 2.05) is 60.7 Å². The van der Waals surface area contributed by atoms with Crippen LogP contribution in [0.2, 0.25) is 0 Å². The highest BCUT2D eigenvalue weighted by Gasteiger charge is 2.25. The number of aromatic nitrogens is 5. The Morgan fingerprint density at radius 2 is 0.940 bits per heavy atom. The normalized spacial score (nSPS) is 12.9. The van der Waals surface area contributed by atoms with Gasteiger partial charge < -0.3 is 9.13 Å². The number of hydrogen-bond acceptors (Lipinski definition) is 3. The molecule has 6 aromatic carbocycles. The molecule has 5 heteroatoms. The first kappa shape index (κ1) is 28.7. The lowest BCUT2D eigenvalue weighted by molar-refractivity contribution is 0.667. The van der Waals surface area contributed by atoms with Gasteiger partial charge >= 0.3 is 0 Å². The molecular formula is C45H33N5. The molecular weight excluding hydrogens is 611 g/mol. The SMILES string of the molecule is c1ccc(-c2nc(-c3ccccc3)nc(-c3ccc(-n4c5ccccc5c5c6c(ccc54)c4c(n6-c5ccccc5)CCCC4)cc3)n2)cc1. The van der Waals surface area contributed by atoms with Gasteiger partial charge in [-0.1, -0.05) is 103 Å². The first-order chi connectivity index (χ1) is 24.8. The van der Waals surface area contributed by atoms with Crippen LogP contribution in [0.5, 0.6) is 0 Å². The molecule has 3 aromatic heterocycles. The molecule has 238 valence electrons. The molecule has 1 aliphatic carbocycles. The Morgan fingerprint density at radius 3 is 1.60 bits per heavy atom. The summed E-state index contributed by atoms with van der Waals surface area (Å²) in [5.41, 5.74) is 11.9. The van der Waals surface area contributed by atoms with E-state index in [1.165, 1.54) is 62.5 Å². The van der Waals surface area contributed by atoms with Crippen LogP contribution in [0.25, 0.3) is 78.2 Å². The molecule has 0 bridgehead atoms. The van der Waals surface area contributed by atoms with Crippen LogP contribution in [-0.2, 0) is 12.8 Å². The molecule has 0 radical (unpaired) electrons. The zero-order valence-corrected chi connectivity index (χ0v) is 27.5. The van der Waals surface area contributed by atoms with Gasteiger partial charge in [-0.15, -0.1) is 0 Å². The van der Waals surface area contributed by atoms with Crippen LogP contribution in [-0.4, -0.2) is 24.1 Å². The second-order valence-electron chi connectivity index (χ2n) is 13.1. The molecule has 0 saturated heterocycles. The molecule has 0 atom stereocenters. The van der Waals surface area contributed by atoms with E-state index in [0.717, 1.165) is 35.2 Å². The van der Waals surface area contributed by atoms with Crippen LogP contribution >= 0.6 is 0 Å². The second kappa shape index (κ2) is 11.7. The van der Waals surface area contributed by atoms with Crippen molar-refractivity contribution in [1.29, 1.82) is 0 Å². The van der Waals surface area contributed by atoms with E-state index < -0.39 is 0 Å². The van der Waals surface area contributed by atoms with Crippen molar-refractivity contribution in [2.24, 2.45) is 0 Å². The van der Waals surface area contributed by atoms with Crippen molar-refractivity contribution in [2.75, 3.05) is 0 Å². The third-order valence-corrected chi connectivity index (χ3v) is 10.2. The maximum absolute atomic E-state index is 4.96. The largest absolute Gasteiger partial charge is 0.313 e. The molecule has 50 heavy (non-hydrogen) atoms. The van der Waals surface area contributed by atoms with Gasteiger partial charge in [0.05, 0.1) is 16.6 Å². The van der Waals surface area contributed by atoms with Gasteiger partial charge in [-0.3, -0.25) is 0 Å². The van der Waals surface area contributed by atoms with Crippen molar-refractivity contribution >= 4 is 32.7 Å². The lowest BCUT2D eigenvalue weighted by atomic mass is 9.95. The van der Waals surface area contributed by atoms with Gasteiger partial charge in [0.2, 0.25) is 0 Å². The monoisotopic (exact) mass is 643 g/mol. The first-order valence-corrected chi connectivity index (χ1v) is 17.4. The lowest BCUT2D eigenvalue weighted by Gasteiger charge is -2.16. The quantitative estimate of drug-likeness (QED) is 0.187. The number of para-hydroxylation sites is 2. The Kier molecular flexibility index (Phi) is 6.69. The Labute approximate surface area is 290 Å². The number of nitrogens with zero attached hydrogens (tertiary/aromatic N) is 5. The summed E-state index contributed by atoms with van der Waals surface area (Å²) in [6, 6.07) is 53.4. The molecule has 10 rings (SSSR count). The van der Waals surface area contributed by atoms with Crippen molar-refractivity contribution in [3.63, 3.8) is 0 Å². The van der Waals surface area contributed by atoms with Gasteiger partial charge in [-0.25, -0.2) is 15.0 Å². The van der Waals surface area contributed by atoms with E-state index in [-0.39, 0.29) is 0 Å². The maximum atomic E-state index is 4.96. The Balaban J connectivity index is 1.16. The van der Waals surface area contributed by atoms with Gasteiger partial charge in [0.25, 0.3) is 0 Å². The van der Waals surface area contributed by atoms with Crippen molar-refractivity contribution in [3.05, 3.63) is 163 Å². The third-order valence-electron chi connectivity index (χ3n) is 10.2. The summed E-state index contributed by atoms with van der Waals surface area (Å²) in [6.07, 6.45) is 4.71. The fraction of sp³-hybridized carbons (Fsp3) is 0.0889. The van der Waals surface area contributed by atoms with Crippen molar-refractivity contribution in [1.82, 2.24) is 24.1 Å².